The smallest absolute Gasteiger partial charge is 0.282 e. The van der Waals surface area contributed by atoms with Crippen molar-refractivity contribution in [1.82, 2.24) is 4.90 Å². The van der Waals surface area contributed by atoms with Gasteiger partial charge in [0.2, 0.25) is 0 Å². The third-order valence-electron chi connectivity index (χ3n) is 5.02. The standard InChI is InChI=1S/C21H22N2O5/c1-14-6-8-15(9-7-14)10-11-20(25)19-12-16(24)13-22(19)21(26)17-4-2-3-5-18(17)23(27)28/h2-9,16,19,24H,10-13H2,1H3/t16-,19+/m1/s1. The van der Waals surface area contributed by atoms with E-state index in [0.717, 1.165) is 11.1 Å². The molecule has 2 aromatic rings. The molecule has 1 amide bonds. The van der Waals surface area contributed by atoms with E-state index in [2.05, 4.69) is 0 Å². The molecule has 28 heavy (non-hydrogen) atoms. The molecular formula is C21H22N2O5. The predicted molar refractivity (Wildman–Crippen MR) is 103 cm³/mol. The van der Waals surface area contributed by atoms with Crippen LogP contribution < -0.4 is 0 Å². The Balaban J connectivity index is 1.75. The summed E-state index contributed by atoms with van der Waals surface area (Å²) in [6.45, 7) is 1.98. The van der Waals surface area contributed by atoms with Crippen molar-refractivity contribution in [2.75, 3.05) is 6.54 Å². The number of nitro groups is 1. The quantitative estimate of drug-likeness (QED) is 0.611. The van der Waals surface area contributed by atoms with Crippen LogP contribution in [0.5, 0.6) is 0 Å². The summed E-state index contributed by atoms with van der Waals surface area (Å²) in [4.78, 5) is 37.5. The number of hydrogen-bond acceptors (Lipinski definition) is 5. The molecule has 0 radical (unpaired) electrons. The van der Waals surface area contributed by atoms with Crippen molar-refractivity contribution in [2.24, 2.45) is 0 Å². The number of hydrogen-bond donors (Lipinski definition) is 1. The first-order valence-electron chi connectivity index (χ1n) is 9.17. The number of rotatable bonds is 6. The molecule has 0 unspecified atom stereocenters. The lowest BCUT2D eigenvalue weighted by Crippen LogP contribution is -2.41. The highest BCUT2D eigenvalue weighted by Crippen LogP contribution is 2.26. The van der Waals surface area contributed by atoms with Crippen LogP contribution in [0.25, 0.3) is 0 Å². The Labute approximate surface area is 162 Å². The van der Waals surface area contributed by atoms with Crippen LogP contribution in [0.4, 0.5) is 5.69 Å². The number of likely N-dealkylation sites (tertiary alicyclic amines) is 1. The molecule has 2 aromatic carbocycles. The first-order chi connectivity index (χ1) is 13.4. The third kappa shape index (κ3) is 4.26. The SMILES string of the molecule is Cc1ccc(CCC(=O)[C@@H]2C[C@@H](O)CN2C(=O)c2ccccc2[N+](=O)[O-])cc1. The van der Waals surface area contributed by atoms with Crippen LogP contribution in [0.2, 0.25) is 0 Å². The fraction of sp³-hybridized carbons (Fsp3) is 0.333. The monoisotopic (exact) mass is 382 g/mol. The minimum absolute atomic E-state index is 0.00811. The number of Topliss-reactive ketones (excluding diaryl/α,β-unsaturated/α-hetero) is 1. The van der Waals surface area contributed by atoms with E-state index < -0.39 is 23.0 Å². The van der Waals surface area contributed by atoms with E-state index in [1.54, 1.807) is 6.07 Å². The third-order valence-corrected chi connectivity index (χ3v) is 5.02. The average Bonchev–Trinajstić information content (AvgIpc) is 3.08. The Morgan fingerprint density at radius 3 is 2.54 bits per heavy atom. The van der Waals surface area contributed by atoms with Crippen molar-refractivity contribution in [1.29, 1.82) is 0 Å². The molecule has 7 nitrogen and oxygen atoms in total. The van der Waals surface area contributed by atoms with Crippen LogP contribution in [0.3, 0.4) is 0 Å². The van der Waals surface area contributed by atoms with E-state index in [-0.39, 0.29) is 36.4 Å². The lowest BCUT2D eigenvalue weighted by molar-refractivity contribution is -0.385. The number of aliphatic hydroxyl groups is 1. The Morgan fingerprint density at radius 1 is 1.18 bits per heavy atom. The Morgan fingerprint density at radius 2 is 1.86 bits per heavy atom. The molecule has 1 heterocycles. The highest BCUT2D eigenvalue weighted by Gasteiger charge is 2.40. The molecule has 0 saturated carbocycles. The van der Waals surface area contributed by atoms with Crippen molar-refractivity contribution >= 4 is 17.4 Å². The first-order valence-corrected chi connectivity index (χ1v) is 9.17. The molecule has 0 spiro atoms. The van der Waals surface area contributed by atoms with E-state index >= 15 is 0 Å². The Bertz CT molecular complexity index is 894. The van der Waals surface area contributed by atoms with Gasteiger partial charge in [-0.15, -0.1) is 0 Å². The van der Waals surface area contributed by atoms with Gasteiger partial charge in [-0.3, -0.25) is 19.7 Å². The molecule has 3 rings (SSSR count). The molecule has 1 saturated heterocycles. The molecule has 0 bridgehead atoms. The van der Waals surface area contributed by atoms with Crippen LogP contribution in [-0.4, -0.2) is 45.3 Å². The highest BCUT2D eigenvalue weighted by molar-refractivity contribution is 6.01. The fourth-order valence-electron chi connectivity index (χ4n) is 3.50. The van der Waals surface area contributed by atoms with Crippen LogP contribution in [0.1, 0.15) is 34.3 Å². The highest BCUT2D eigenvalue weighted by atomic mass is 16.6. The van der Waals surface area contributed by atoms with Crippen LogP contribution in [0, 0.1) is 17.0 Å². The van der Waals surface area contributed by atoms with Gasteiger partial charge in [-0.05, 0) is 25.0 Å². The lowest BCUT2D eigenvalue weighted by atomic mass is 10.0. The summed E-state index contributed by atoms with van der Waals surface area (Å²) in [5.41, 5.74) is 1.78. The molecule has 7 heteroatoms. The summed E-state index contributed by atoms with van der Waals surface area (Å²) in [7, 11) is 0. The van der Waals surface area contributed by atoms with Gasteiger partial charge in [0.25, 0.3) is 11.6 Å². The van der Waals surface area contributed by atoms with E-state index in [0.29, 0.717) is 6.42 Å². The maximum absolute atomic E-state index is 12.9. The molecule has 0 aromatic heterocycles. The number of aryl methyl sites for hydroxylation is 2. The van der Waals surface area contributed by atoms with Crippen molar-refractivity contribution in [2.45, 2.75) is 38.3 Å². The molecule has 1 N–H and O–H groups in total. The molecule has 146 valence electrons. The largest absolute Gasteiger partial charge is 0.391 e. The summed E-state index contributed by atoms with van der Waals surface area (Å²) < 4.78 is 0. The maximum atomic E-state index is 12.9. The molecular weight excluding hydrogens is 360 g/mol. The summed E-state index contributed by atoms with van der Waals surface area (Å²) in [6.07, 6.45) is 0.111. The van der Waals surface area contributed by atoms with Gasteiger partial charge in [0.05, 0.1) is 17.1 Å². The van der Waals surface area contributed by atoms with Gasteiger partial charge in [0.1, 0.15) is 5.56 Å². The second-order valence-corrected chi connectivity index (χ2v) is 7.09. The van der Waals surface area contributed by atoms with Gasteiger partial charge in [0.15, 0.2) is 5.78 Å². The average molecular weight is 382 g/mol. The van der Waals surface area contributed by atoms with Gasteiger partial charge >= 0.3 is 0 Å². The molecule has 1 aliphatic rings. The minimum Gasteiger partial charge on any atom is -0.391 e. The van der Waals surface area contributed by atoms with Crippen LogP contribution in [-0.2, 0) is 11.2 Å². The van der Waals surface area contributed by atoms with E-state index in [4.69, 9.17) is 0 Å². The Kier molecular flexibility index (Phi) is 5.84. The van der Waals surface area contributed by atoms with Gasteiger partial charge in [-0.1, -0.05) is 42.0 Å². The van der Waals surface area contributed by atoms with E-state index in [1.165, 1.54) is 23.1 Å². The number of carbonyl (C=O) groups excluding carboxylic acids is 2. The summed E-state index contributed by atoms with van der Waals surface area (Å²) in [5.74, 6) is -0.749. The summed E-state index contributed by atoms with van der Waals surface area (Å²) in [6, 6.07) is 12.8. The number of nitrogens with zero attached hydrogens (tertiary/aromatic N) is 2. The van der Waals surface area contributed by atoms with Gasteiger partial charge in [0, 0.05) is 25.5 Å². The number of ketones is 1. The van der Waals surface area contributed by atoms with Crippen molar-refractivity contribution in [3.63, 3.8) is 0 Å². The number of nitro benzene ring substituents is 1. The fourth-order valence-corrected chi connectivity index (χ4v) is 3.50. The second-order valence-electron chi connectivity index (χ2n) is 7.09. The summed E-state index contributed by atoms with van der Waals surface area (Å²) >= 11 is 0. The zero-order valence-electron chi connectivity index (χ0n) is 15.6. The zero-order chi connectivity index (χ0) is 20.3. The summed E-state index contributed by atoms with van der Waals surface area (Å²) in [5, 5.41) is 21.3. The predicted octanol–water partition coefficient (Wildman–Crippen LogP) is 2.68. The van der Waals surface area contributed by atoms with Crippen molar-refractivity contribution in [3.8, 4) is 0 Å². The normalized spacial score (nSPS) is 18.9. The van der Waals surface area contributed by atoms with Crippen LogP contribution in [0.15, 0.2) is 48.5 Å². The molecule has 2 atom stereocenters. The molecule has 1 fully saturated rings. The topological polar surface area (TPSA) is 101 Å². The van der Waals surface area contributed by atoms with Gasteiger partial charge in [-0.25, -0.2) is 0 Å². The number of amides is 1. The van der Waals surface area contributed by atoms with E-state index in [1.807, 2.05) is 31.2 Å². The maximum Gasteiger partial charge on any atom is 0.282 e. The van der Waals surface area contributed by atoms with E-state index in [9.17, 15) is 24.8 Å². The second kappa shape index (κ2) is 8.31. The Hall–Kier alpha value is -3.06. The first kappa shape index (κ1) is 19.7. The van der Waals surface area contributed by atoms with Crippen molar-refractivity contribution in [3.05, 3.63) is 75.3 Å². The minimum atomic E-state index is -0.819. The molecule has 1 aliphatic heterocycles. The number of benzene rings is 2. The van der Waals surface area contributed by atoms with Crippen LogP contribution >= 0.6 is 0 Å². The molecule has 0 aliphatic carbocycles. The number of aliphatic hydroxyl groups excluding tert-OH is 1. The number of β-amino-alcohol motifs (C(OH)–C–C–N with tert-alkyl or cyclic N) is 1. The van der Waals surface area contributed by atoms with Gasteiger partial charge < -0.3 is 10.0 Å². The van der Waals surface area contributed by atoms with Crippen molar-refractivity contribution < 1.29 is 19.6 Å². The number of para-hydroxylation sites is 1. The van der Waals surface area contributed by atoms with Gasteiger partial charge in [-0.2, -0.15) is 0 Å². The number of carbonyl (C=O) groups is 2. The lowest BCUT2D eigenvalue weighted by Gasteiger charge is -2.23. The zero-order valence-corrected chi connectivity index (χ0v) is 15.6.